The molecule has 7 heteroatoms. The van der Waals surface area contributed by atoms with Gasteiger partial charge in [-0.05, 0) is 36.6 Å². The van der Waals surface area contributed by atoms with Gasteiger partial charge in [0.1, 0.15) is 5.75 Å². The summed E-state index contributed by atoms with van der Waals surface area (Å²) in [4.78, 5) is 27.8. The number of carbonyl (C=O) groups excluding carboxylic acids is 1. The molecule has 2 heterocycles. The van der Waals surface area contributed by atoms with Crippen molar-refractivity contribution in [2.45, 2.75) is 77.6 Å². The third kappa shape index (κ3) is 9.56. The lowest BCUT2D eigenvalue weighted by Gasteiger charge is -2.07. The van der Waals surface area contributed by atoms with E-state index in [9.17, 15) is 9.59 Å². The van der Waals surface area contributed by atoms with Crippen LogP contribution < -0.4 is 15.1 Å². The molecule has 0 saturated carbocycles. The summed E-state index contributed by atoms with van der Waals surface area (Å²) in [6, 6.07) is 10.9. The molecule has 0 fully saturated rings. The standard InChI is InChI=1S/C30H39NO6/c1-3-29(32)36-19-13-11-9-7-5-4-6-8-10-12-18-35-28-21-24-20-26(30(33)37-27(24)22-31-28)23-14-16-25(34-2)17-15-23/h14-17,20-22H,3-13,18-19H2,1-2H3. The summed E-state index contributed by atoms with van der Waals surface area (Å²) >= 11 is 0. The third-order valence-electron chi connectivity index (χ3n) is 6.34. The predicted molar refractivity (Wildman–Crippen MR) is 145 cm³/mol. The van der Waals surface area contributed by atoms with Crippen molar-refractivity contribution in [2.24, 2.45) is 0 Å². The van der Waals surface area contributed by atoms with Crippen molar-refractivity contribution in [3.8, 4) is 22.8 Å². The number of pyridine rings is 1. The van der Waals surface area contributed by atoms with Crippen LogP contribution >= 0.6 is 0 Å². The highest BCUT2D eigenvalue weighted by molar-refractivity contribution is 5.81. The van der Waals surface area contributed by atoms with Crippen LogP contribution in [-0.4, -0.2) is 31.3 Å². The lowest BCUT2D eigenvalue weighted by molar-refractivity contribution is -0.143. The summed E-state index contributed by atoms with van der Waals surface area (Å²) in [5.41, 5.74) is 1.30. The van der Waals surface area contributed by atoms with Gasteiger partial charge in [0.15, 0.2) is 5.58 Å². The van der Waals surface area contributed by atoms with Crippen molar-refractivity contribution < 1.29 is 23.4 Å². The number of hydrogen-bond donors (Lipinski definition) is 0. The van der Waals surface area contributed by atoms with Gasteiger partial charge in [0.05, 0.1) is 32.1 Å². The van der Waals surface area contributed by atoms with Gasteiger partial charge >= 0.3 is 11.6 Å². The van der Waals surface area contributed by atoms with Crippen molar-refractivity contribution in [1.29, 1.82) is 0 Å². The Morgan fingerprint density at radius 3 is 2.11 bits per heavy atom. The molecular formula is C30H39NO6. The lowest BCUT2D eigenvalue weighted by atomic mass is 10.1. The summed E-state index contributed by atoms with van der Waals surface area (Å²) in [5, 5.41) is 0.775. The molecule has 0 aliphatic heterocycles. The molecule has 0 aliphatic carbocycles. The molecule has 3 aromatic rings. The molecule has 0 atom stereocenters. The Bertz CT molecular complexity index is 1150. The summed E-state index contributed by atoms with van der Waals surface area (Å²) in [7, 11) is 1.61. The van der Waals surface area contributed by atoms with Crippen LogP contribution in [-0.2, 0) is 9.53 Å². The third-order valence-corrected chi connectivity index (χ3v) is 6.34. The van der Waals surface area contributed by atoms with Crippen LogP contribution in [0.5, 0.6) is 11.6 Å². The van der Waals surface area contributed by atoms with Crippen LogP contribution in [0.3, 0.4) is 0 Å². The normalized spacial score (nSPS) is 11.0. The van der Waals surface area contributed by atoms with Gasteiger partial charge in [-0.15, -0.1) is 0 Å². The van der Waals surface area contributed by atoms with E-state index in [1.807, 2.05) is 43.3 Å². The van der Waals surface area contributed by atoms with E-state index in [0.717, 1.165) is 42.4 Å². The number of rotatable bonds is 17. The van der Waals surface area contributed by atoms with Gasteiger partial charge in [0.2, 0.25) is 5.88 Å². The second-order valence-corrected chi connectivity index (χ2v) is 9.19. The molecule has 37 heavy (non-hydrogen) atoms. The highest BCUT2D eigenvalue weighted by Gasteiger charge is 2.10. The van der Waals surface area contributed by atoms with Gasteiger partial charge < -0.3 is 18.6 Å². The van der Waals surface area contributed by atoms with E-state index in [1.54, 1.807) is 13.3 Å². The first-order valence-electron chi connectivity index (χ1n) is 13.5. The number of benzene rings is 1. The van der Waals surface area contributed by atoms with Crippen molar-refractivity contribution >= 4 is 16.9 Å². The topological polar surface area (TPSA) is 87.9 Å². The van der Waals surface area contributed by atoms with Crippen molar-refractivity contribution in [1.82, 2.24) is 4.98 Å². The minimum absolute atomic E-state index is 0.104. The zero-order valence-electron chi connectivity index (χ0n) is 22.1. The van der Waals surface area contributed by atoms with Crippen LogP contribution in [0.1, 0.15) is 77.6 Å². The number of hydrogen-bond acceptors (Lipinski definition) is 7. The average molecular weight is 510 g/mol. The fourth-order valence-corrected chi connectivity index (χ4v) is 4.14. The van der Waals surface area contributed by atoms with Crippen molar-refractivity contribution in [3.05, 3.63) is 53.0 Å². The van der Waals surface area contributed by atoms with Crippen molar-refractivity contribution in [3.63, 3.8) is 0 Å². The van der Waals surface area contributed by atoms with Gasteiger partial charge in [-0.1, -0.05) is 70.4 Å². The van der Waals surface area contributed by atoms with Crippen LogP contribution in [0.25, 0.3) is 22.1 Å². The van der Waals surface area contributed by atoms with Gasteiger partial charge in [-0.25, -0.2) is 9.78 Å². The van der Waals surface area contributed by atoms with Crippen LogP contribution in [0, 0.1) is 0 Å². The maximum absolute atomic E-state index is 12.4. The van der Waals surface area contributed by atoms with Gasteiger partial charge in [0, 0.05) is 17.9 Å². The fourth-order valence-electron chi connectivity index (χ4n) is 4.14. The van der Waals surface area contributed by atoms with E-state index in [4.69, 9.17) is 18.6 Å². The molecule has 0 bridgehead atoms. The molecule has 1 aromatic carbocycles. The number of unbranched alkanes of at least 4 members (excludes halogenated alkanes) is 9. The maximum atomic E-state index is 12.4. The summed E-state index contributed by atoms with van der Waals surface area (Å²) in [6.45, 7) is 2.99. The first-order chi connectivity index (χ1) is 18.1. The smallest absolute Gasteiger partial charge is 0.344 e. The molecular weight excluding hydrogens is 470 g/mol. The van der Waals surface area contributed by atoms with E-state index in [2.05, 4.69) is 4.98 Å². The Kier molecular flexibility index (Phi) is 12.0. The first-order valence-corrected chi connectivity index (χ1v) is 13.5. The van der Waals surface area contributed by atoms with Crippen LogP contribution in [0.15, 0.2) is 51.8 Å². The van der Waals surface area contributed by atoms with E-state index in [1.165, 1.54) is 38.5 Å². The number of carbonyl (C=O) groups is 1. The number of esters is 1. The molecule has 0 radical (unpaired) electrons. The highest BCUT2D eigenvalue weighted by atomic mass is 16.5. The number of ether oxygens (including phenoxy) is 3. The van der Waals surface area contributed by atoms with E-state index >= 15 is 0 Å². The highest BCUT2D eigenvalue weighted by Crippen LogP contribution is 2.25. The van der Waals surface area contributed by atoms with E-state index < -0.39 is 5.63 Å². The van der Waals surface area contributed by atoms with E-state index in [-0.39, 0.29) is 5.97 Å². The molecule has 0 unspecified atom stereocenters. The second kappa shape index (κ2) is 15.7. The zero-order chi connectivity index (χ0) is 26.3. The quantitative estimate of drug-likeness (QED) is 0.142. The molecule has 0 N–H and O–H groups in total. The minimum atomic E-state index is -0.400. The summed E-state index contributed by atoms with van der Waals surface area (Å²) < 4.78 is 21.6. The number of aromatic nitrogens is 1. The number of nitrogens with zero attached hydrogens (tertiary/aromatic N) is 1. The zero-order valence-corrected chi connectivity index (χ0v) is 22.1. The molecule has 2 aromatic heterocycles. The van der Waals surface area contributed by atoms with Crippen LogP contribution in [0.2, 0.25) is 0 Å². The molecule has 0 spiro atoms. The Morgan fingerprint density at radius 2 is 1.49 bits per heavy atom. The van der Waals surface area contributed by atoms with Crippen LogP contribution in [0.4, 0.5) is 0 Å². The number of fused-ring (bicyclic) bond motifs is 1. The molecule has 0 saturated heterocycles. The largest absolute Gasteiger partial charge is 0.497 e. The monoisotopic (exact) mass is 509 g/mol. The number of methoxy groups -OCH3 is 1. The fraction of sp³-hybridized carbons (Fsp3) is 0.500. The lowest BCUT2D eigenvalue weighted by Crippen LogP contribution is -2.04. The van der Waals surface area contributed by atoms with Gasteiger partial charge in [0.25, 0.3) is 0 Å². The summed E-state index contributed by atoms with van der Waals surface area (Å²) in [5.74, 6) is 1.16. The molecule has 0 amide bonds. The summed E-state index contributed by atoms with van der Waals surface area (Å²) in [6.07, 6.45) is 13.7. The van der Waals surface area contributed by atoms with E-state index in [0.29, 0.717) is 36.7 Å². The van der Waals surface area contributed by atoms with Gasteiger partial charge in [-0.3, -0.25) is 4.79 Å². The Morgan fingerprint density at radius 1 is 0.865 bits per heavy atom. The molecule has 7 nitrogen and oxygen atoms in total. The maximum Gasteiger partial charge on any atom is 0.344 e. The molecule has 200 valence electrons. The predicted octanol–water partition coefficient (Wildman–Crippen LogP) is 7.10. The average Bonchev–Trinajstić information content (AvgIpc) is 2.92. The minimum Gasteiger partial charge on any atom is -0.497 e. The Hall–Kier alpha value is -3.35. The first kappa shape index (κ1) is 28.2. The second-order valence-electron chi connectivity index (χ2n) is 9.19. The van der Waals surface area contributed by atoms with Gasteiger partial charge in [-0.2, -0.15) is 0 Å². The molecule has 3 rings (SSSR count). The Labute approximate surface area is 219 Å². The van der Waals surface area contributed by atoms with Crippen molar-refractivity contribution in [2.75, 3.05) is 20.3 Å². The Balaban J connectivity index is 1.31. The SMILES string of the molecule is CCC(=O)OCCCCCCCCCCCCOc1cc2cc(-c3ccc(OC)cc3)c(=O)oc2cn1. The molecule has 0 aliphatic rings.